The Morgan fingerprint density at radius 2 is 1.28 bits per heavy atom. The average molecular weight is 869 g/mol. The number of benzene rings is 6. The summed E-state index contributed by atoms with van der Waals surface area (Å²) >= 11 is 0. The summed E-state index contributed by atoms with van der Waals surface area (Å²) in [6.45, 7) is 28.5. The van der Waals surface area contributed by atoms with Crippen molar-refractivity contribution in [1.29, 1.82) is 0 Å². The van der Waals surface area contributed by atoms with E-state index in [4.69, 9.17) is 9.72 Å². The molecule has 0 saturated heterocycles. The van der Waals surface area contributed by atoms with Gasteiger partial charge in [-0.25, -0.2) is 4.98 Å². The number of pyridine rings is 1. The predicted octanol–water partition coefficient (Wildman–Crippen LogP) is 13.7. The average Bonchev–Trinajstić information content (AvgIpc) is 3.83. The van der Waals surface area contributed by atoms with Crippen molar-refractivity contribution in [1.82, 2.24) is 14.1 Å². The second-order valence-corrected chi connectivity index (χ2v) is 25.6. The maximum absolute atomic E-state index is 6.95. The summed E-state index contributed by atoms with van der Waals surface area (Å²) in [5, 5.41) is 5.19. The maximum Gasteiger partial charge on any atom is 0.269 e. The highest BCUT2D eigenvalue weighted by Gasteiger charge is 2.47. The van der Waals surface area contributed by atoms with Crippen LogP contribution in [0.5, 0.6) is 11.5 Å². The number of rotatable bonds is 7. The first kappa shape index (κ1) is 41.5. The lowest BCUT2D eigenvalue weighted by Crippen LogP contribution is -2.57. The van der Waals surface area contributed by atoms with Gasteiger partial charge in [0, 0.05) is 23.0 Å². The third-order valence-electron chi connectivity index (χ3n) is 15.7. The Bertz CT molecular complexity index is 3400. The van der Waals surface area contributed by atoms with E-state index in [9.17, 15) is 0 Å². The van der Waals surface area contributed by atoms with Crippen molar-refractivity contribution in [3.63, 3.8) is 0 Å². The number of ether oxygens (including phenoxy) is 1. The molecule has 3 aromatic heterocycles. The monoisotopic (exact) mass is 868 g/mol. The number of nitrogens with zero attached hydrogens (tertiary/aromatic N) is 4. The molecule has 65 heavy (non-hydrogen) atoms. The van der Waals surface area contributed by atoms with Gasteiger partial charge >= 0.3 is 0 Å². The van der Waals surface area contributed by atoms with E-state index in [1.54, 1.807) is 0 Å². The molecule has 6 aromatic carbocycles. The molecule has 0 bridgehead atoms. The van der Waals surface area contributed by atoms with Gasteiger partial charge in [0.1, 0.15) is 25.4 Å². The van der Waals surface area contributed by atoms with Crippen LogP contribution in [0.25, 0.3) is 61.2 Å². The minimum atomic E-state index is -2.14. The van der Waals surface area contributed by atoms with Gasteiger partial charge in [-0.2, -0.15) is 0 Å². The van der Waals surface area contributed by atoms with Gasteiger partial charge in [-0.05, 0) is 126 Å². The fourth-order valence-electron chi connectivity index (χ4n) is 11.3. The van der Waals surface area contributed by atoms with E-state index in [1.807, 2.05) is 6.20 Å². The largest absolute Gasteiger partial charge is 0.458 e. The molecule has 11 rings (SSSR count). The first-order valence-electron chi connectivity index (χ1n) is 23.6. The zero-order valence-corrected chi connectivity index (χ0v) is 41.1. The number of para-hydroxylation sites is 2. The standard InChI is InChI=1S/C59H60N4OSi/c1-35(2)39-29-44(36(3)4)55(45(30-39)37(5)6)38-27-28-60-54(31-38)63-48-19-15-13-17-42(48)43-23-21-40(32-50(43)63)64-41-22-25-52-51(33-41)62-34-61-49-20-16-14-18-46(49)58(7,8)59(9,10)47-24-26-53(65(52,11)12)57(62)56(47)61/h13-33,35-37H,1-12H3. The van der Waals surface area contributed by atoms with Crippen LogP contribution in [-0.2, 0) is 10.8 Å². The molecule has 0 radical (unpaired) electrons. The lowest BCUT2D eigenvalue weighted by Gasteiger charge is -2.43. The molecule has 5 nitrogen and oxygen atoms in total. The molecule has 0 N–H and O–H groups in total. The molecule has 5 heterocycles. The highest BCUT2D eigenvalue weighted by molar-refractivity contribution is 7.02. The van der Waals surface area contributed by atoms with Crippen LogP contribution in [0, 0.1) is 6.33 Å². The minimum Gasteiger partial charge on any atom is -0.458 e. The van der Waals surface area contributed by atoms with Crippen LogP contribution in [0.3, 0.4) is 0 Å². The van der Waals surface area contributed by atoms with Gasteiger partial charge in [0.25, 0.3) is 6.33 Å². The fraction of sp³-hybridized carbons (Fsp3) is 0.288. The predicted molar refractivity (Wildman–Crippen MR) is 273 cm³/mol. The van der Waals surface area contributed by atoms with Crippen LogP contribution in [0.1, 0.15) is 115 Å². The van der Waals surface area contributed by atoms with E-state index in [1.165, 1.54) is 76.8 Å². The van der Waals surface area contributed by atoms with Crippen molar-refractivity contribution in [2.24, 2.45) is 0 Å². The van der Waals surface area contributed by atoms with Gasteiger partial charge in [-0.1, -0.05) is 149 Å². The Labute approximate surface area is 385 Å². The summed E-state index contributed by atoms with van der Waals surface area (Å²) in [7, 11) is -2.14. The summed E-state index contributed by atoms with van der Waals surface area (Å²) in [5.74, 6) is 3.69. The number of hydrogen-bond acceptors (Lipinski definition) is 2. The Balaban J connectivity index is 1.05. The van der Waals surface area contributed by atoms with Crippen LogP contribution in [0.2, 0.25) is 13.1 Å². The van der Waals surface area contributed by atoms with E-state index in [0.29, 0.717) is 17.8 Å². The summed E-state index contributed by atoms with van der Waals surface area (Å²) in [6.07, 6.45) is 5.91. The van der Waals surface area contributed by atoms with Crippen molar-refractivity contribution in [3.8, 4) is 39.8 Å². The van der Waals surface area contributed by atoms with Crippen molar-refractivity contribution in [2.45, 2.75) is 111 Å². The number of imidazole rings is 1. The molecular weight excluding hydrogens is 809 g/mol. The second kappa shape index (κ2) is 14.4. The van der Waals surface area contributed by atoms with E-state index < -0.39 is 8.07 Å². The maximum atomic E-state index is 6.95. The molecule has 0 spiro atoms. The smallest absolute Gasteiger partial charge is 0.269 e. The molecule has 0 amide bonds. The topological polar surface area (TPSA) is 35.9 Å². The first-order valence-corrected chi connectivity index (χ1v) is 26.6. The molecule has 0 atom stereocenters. The highest BCUT2D eigenvalue weighted by Crippen LogP contribution is 2.49. The van der Waals surface area contributed by atoms with Gasteiger partial charge < -0.3 is 4.74 Å². The SMILES string of the molecule is CC(C)c1cc(C(C)C)c(-c2ccnc(-n3c4ccccc4c4ccc(Oc5ccc6c(c5)-n5[c-][n+]7c8c(ccc(c85)[Si]6(C)C)C(C)(C)C(C)(C)c5ccccc5-7)cc43)c2)c(C(C)C)c1. The molecule has 9 aromatic rings. The molecule has 6 heteroatoms. The van der Waals surface area contributed by atoms with Crippen LogP contribution < -0.4 is 19.7 Å². The normalized spacial score (nSPS) is 15.6. The van der Waals surface area contributed by atoms with Crippen molar-refractivity contribution in [2.75, 3.05) is 0 Å². The fourth-order valence-corrected chi connectivity index (χ4v) is 14.2. The minimum absolute atomic E-state index is 0.106. The van der Waals surface area contributed by atoms with Gasteiger partial charge in [-0.3, -0.25) is 13.7 Å². The molecular formula is C59H60N4OSi. The third-order valence-corrected chi connectivity index (χ3v) is 19.2. The first-order chi connectivity index (χ1) is 31.0. The van der Waals surface area contributed by atoms with Gasteiger partial charge in [0.05, 0.1) is 33.4 Å². The lowest BCUT2D eigenvalue weighted by atomic mass is 9.61. The molecule has 2 aliphatic rings. The number of hydrogen-bond donors (Lipinski definition) is 0. The Morgan fingerprint density at radius 1 is 0.631 bits per heavy atom. The van der Waals surface area contributed by atoms with E-state index in [0.717, 1.165) is 34.0 Å². The zero-order chi connectivity index (χ0) is 45.5. The Morgan fingerprint density at radius 3 is 2.02 bits per heavy atom. The van der Waals surface area contributed by atoms with Gasteiger partial charge in [-0.15, -0.1) is 0 Å². The van der Waals surface area contributed by atoms with Gasteiger partial charge in [0.2, 0.25) is 0 Å². The van der Waals surface area contributed by atoms with Crippen LogP contribution in [-0.4, -0.2) is 22.2 Å². The number of fused-ring (bicyclic) bond motifs is 7. The molecule has 0 saturated carbocycles. The highest BCUT2D eigenvalue weighted by atomic mass is 28.3. The second-order valence-electron chi connectivity index (χ2n) is 21.3. The summed E-state index contributed by atoms with van der Waals surface area (Å²) in [4.78, 5) is 5.09. The van der Waals surface area contributed by atoms with Crippen LogP contribution in [0.4, 0.5) is 0 Å². The number of aromatic nitrogens is 4. The zero-order valence-electron chi connectivity index (χ0n) is 40.1. The lowest BCUT2D eigenvalue weighted by molar-refractivity contribution is -0.573. The van der Waals surface area contributed by atoms with Crippen molar-refractivity contribution >= 4 is 51.3 Å². The van der Waals surface area contributed by atoms with Gasteiger partial charge in [0.15, 0.2) is 0 Å². The quantitative estimate of drug-likeness (QED) is 0.0909. The van der Waals surface area contributed by atoms with E-state index in [2.05, 4.69) is 224 Å². The van der Waals surface area contributed by atoms with E-state index in [-0.39, 0.29) is 10.8 Å². The molecule has 0 fully saturated rings. The van der Waals surface area contributed by atoms with E-state index >= 15 is 0 Å². The molecule has 326 valence electrons. The van der Waals surface area contributed by atoms with Crippen LogP contribution in [0.15, 0.2) is 128 Å². The Kier molecular flexibility index (Phi) is 9.17. The summed E-state index contributed by atoms with van der Waals surface area (Å²) < 4.78 is 14.0. The molecule has 0 aliphatic carbocycles. The summed E-state index contributed by atoms with van der Waals surface area (Å²) in [5.41, 5.74) is 16.3. The summed E-state index contributed by atoms with van der Waals surface area (Å²) in [6, 6.07) is 45.1. The molecule has 0 unspecified atom stereocenters. The van der Waals surface area contributed by atoms with Crippen molar-refractivity contribution in [3.05, 3.63) is 162 Å². The molecule has 2 aliphatic heterocycles. The Hall–Kier alpha value is -6.24. The third kappa shape index (κ3) is 5.95. The van der Waals surface area contributed by atoms with Crippen molar-refractivity contribution < 1.29 is 9.30 Å². The van der Waals surface area contributed by atoms with Crippen LogP contribution >= 0.6 is 0 Å².